The molecule has 0 aromatic carbocycles. The summed E-state index contributed by atoms with van der Waals surface area (Å²) in [5.41, 5.74) is 0.724. The van der Waals surface area contributed by atoms with Crippen LogP contribution in [0.4, 0.5) is 0 Å². The van der Waals surface area contributed by atoms with E-state index in [9.17, 15) is 9.59 Å². The quantitative estimate of drug-likeness (QED) is 0.791. The van der Waals surface area contributed by atoms with Crippen molar-refractivity contribution < 1.29 is 14.3 Å². The number of amides is 1. The molecule has 110 valence electrons. The van der Waals surface area contributed by atoms with Crippen molar-refractivity contribution in [1.29, 1.82) is 0 Å². The van der Waals surface area contributed by atoms with Crippen LogP contribution in [-0.4, -0.2) is 41.0 Å². The normalized spacial score (nSPS) is 16.2. The molecule has 1 aliphatic rings. The molecule has 5 nitrogen and oxygen atoms in total. The van der Waals surface area contributed by atoms with E-state index >= 15 is 0 Å². The van der Waals surface area contributed by atoms with Gasteiger partial charge in [0.2, 0.25) is 0 Å². The SMILES string of the molecule is CCOC(=O)C1CCN(C(=O)c2cccn2CC)CC1. The molecule has 2 rings (SSSR count). The second-order valence-corrected chi connectivity index (χ2v) is 5.00. The summed E-state index contributed by atoms with van der Waals surface area (Å²) in [6.07, 6.45) is 3.30. The van der Waals surface area contributed by atoms with Crippen molar-refractivity contribution in [3.63, 3.8) is 0 Å². The predicted octanol–water partition coefficient (Wildman–Crippen LogP) is 1.92. The highest BCUT2D eigenvalue weighted by molar-refractivity contribution is 5.93. The maximum absolute atomic E-state index is 12.4. The zero-order valence-corrected chi connectivity index (χ0v) is 12.2. The fourth-order valence-electron chi connectivity index (χ4n) is 2.62. The number of hydrogen-bond donors (Lipinski definition) is 0. The molecule has 1 fully saturated rings. The van der Waals surface area contributed by atoms with Gasteiger partial charge in [-0.15, -0.1) is 0 Å². The molecule has 2 heterocycles. The molecule has 0 aliphatic carbocycles. The van der Waals surface area contributed by atoms with E-state index in [1.807, 2.05) is 41.6 Å². The third kappa shape index (κ3) is 3.03. The Morgan fingerprint density at radius 1 is 1.30 bits per heavy atom. The Kier molecular flexibility index (Phi) is 4.82. The van der Waals surface area contributed by atoms with Crippen LogP contribution < -0.4 is 0 Å². The van der Waals surface area contributed by atoms with E-state index in [0.717, 1.165) is 12.2 Å². The highest BCUT2D eigenvalue weighted by atomic mass is 16.5. The molecule has 0 N–H and O–H groups in total. The summed E-state index contributed by atoms with van der Waals surface area (Å²) in [5.74, 6) is -0.132. The first-order valence-corrected chi connectivity index (χ1v) is 7.28. The number of esters is 1. The van der Waals surface area contributed by atoms with Crippen molar-refractivity contribution in [1.82, 2.24) is 9.47 Å². The molecule has 0 atom stereocenters. The molecule has 0 spiro atoms. The Balaban J connectivity index is 1.94. The summed E-state index contributed by atoms with van der Waals surface area (Å²) in [6, 6.07) is 3.74. The van der Waals surface area contributed by atoms with Gasteiger partial charge in [0.05, 0.1) is 12.5 Å². The van der Waals surface area contributed by atoms with Crippen LogP contribution in [0, 0.1) is 5.92 Å². The number of nitrogens with zero attached hydrogens (tertiary/aromatic N) is 2. The van der Waals surface area contributed by atoms with Gasteiger partial charge in [-0.05, 0) is 38.8 Å². The average Bonchev–Trinajstić information content (AvgIpc) is 2.95. The number of rotatable bonds is 4. The summed E-state index contributed by atoms with van der Waals surface area (Å²) < 4.78 is 6.98. The van der Waals surface area contributed by atoms with Gasteiger partial charge in [-0.2, -0.15) is 0 Å². The fraction of sp³-hybridized carbons (Fsp3) is 0.600. The number of carbonyl (C=O) groups is 2. The molecule has 0 unspecified atom stereocenters. The minimum atomic E-state index is -0.128. The zero-order valence-electron chi connectivity index (χ0n) is 12.2. The molecule has 20 heavy (non-hydrogen) atoms. The van der Waals surface area contributed by atoms with E-state index in [2.05, 4.69) is 0 Å². The summed E-state index contributed by atoms with van der Waals surface area (Å²) in [5, 5.41) is 0. The summed E-state index contributed by atoms with van der Waals surface area (Å²) in [7, 11) is 0. The number of carbonyl (C=O) groups excluding carboxylic acids is 2. The maximum atomic E-state index is 12.4. The molecule has 5 heteroatoms. The lowest BCUT2D eigenvalue weighted by molar-refractivity contribution is -0.149. The average molecular weight is 278 g/mol. The predicted molar refractivity (Wildman–Crippen MR) is 75.4 cm³/mol. The number of aromatic nitrogens is 1. The lowest BCUT2D eigenvalue weighted by Crippen LogP contribution is -2.41. The van der Waals surface area contributed by atoms with E-state index in [4.69, 9.17) is 4.74 Å². The van der Waals surface area contributed by atoms with Crippen LogP contribution in [0.2, 0.25) is 0 Å². The van der Waals surface area contributed by atoms with Crippen LogP contribution in [0.25, 0.3) is 0 Å². The van der Waals surface area contributed by atoms with Crippen molar-refractivity contribution in [3.05, 3.63) is 24.0 Å². The highest BCUT2D eigenvalue weighted by Gasteiger charge is 2.29. The van der Waals surface area contributed by atoms with Crippen LogP contribution in [-0.2, 0) is 16.1 Å². The van der Waals surface area contributed by atoms with Crippen molar-refractivity contribution in [2.75, 3.05) is 19.7 Å². The van der Waals surface area contributed by atoms with Crippen LogP contribution in [0.3, 0.4) is 0 Å². The molecule has 1 aromatic rings. The number of hydrogen-bond acceptors (Lipinski definition) is 3. The van der Waals surface area contributed by atoms with E-state index in [0.29, 0.717) is 32.5 Å². The lowest BCUT2D eigenvalue weighted by Gasteiger charge is -2.31. The topological polar surface area (TPSA) is 51.5 Å². The molecule has 1 saturated heterocycles. The third-order valence-electron chi connectivity index (χ3n) is 3.79. The minimum absolute atomic E-state index is 0.0548. The van der Waals surface area contributed by atoms with Gasteiger partial charge in [0.1, 0.15) is 5.69 Å². The third-order valence-corrected chi connectivity index (χ3v) is 3.79. The molecule has 0 bridgehead atoms. The van der Waals surface area contributed by atoms with Gasteiger partial charge in [0, 0.05) is 25.8 Å². The van der Waals surface area contributed by atoms with Gasteiger partial charge in [-0.25, -0.2) is 0 Å². The molecule has 1 aliphatic heterocycles. The van der Waals surface area contributed by atoms with Crippen molar-refractivity contribution in [3.8, 4) is 0 Å². The van der Waals surface area contributed by atoms with Gasteiger partial charge in [0.15, 0.2) is 0 Å². The van der Waals surface area contributed by atoms with E-state index in [-0.39, 0.29) is 17.8 Å². The molecule has 1 aromatic heterocycles. The van der Waals surface area contributed by atoms with Crippen molar-refractivity contribution in [2.24, 2.45) is 5.92 Å². The fourth-order valence-corrected chi connectivity index (χ4v) is 2.62. The van der Waals surface area contributed by atoms with Gasteiger partial charge in [0.25, 0.3) is 5.91 Å². The molecule has 0 saturated carbocycles. The van der Waals surface area contributed by atoms with Gasteiger partial charge in [-0.1, -0.05) is 0 Å². The molecular formula is C15H22N2O3. The van der Waals surface area contributed by atoms with E-state index < -0.39 is 0 Å². The Morgan fingerprint density at radius 2 is 2.00 bits per heavy atom. The number of ether oxygens (including phenoxy) is 1. The lowest BCUT2D eigenvalue weighted by atomic mass is 9.97. The molecule has 0 radical (unpaired) electrons. The molecular weight excluding hydrogens is 256 g/mol. The standard InChI is InChI=1S/C15H22N2O3/c1-3-16-9-5-6-13(16)14(18)17-10-7-12(8-11-17)15(19)20-4-2/h5-6,9,12H,3-4,7-8,10-11H2,1-2H3. The first kappa shape index (κ1) is 14.6. The first-order valence-electron chi connectivity index (χ1n) is 7.28. The monoisotopic (exact) mass is 278 g/mol. The van der Waals surface area contributed by atoms with Gasteiger partial charge in [-0.3, -0.25) is 9.59 Å². The minimum Gasteiger partial charge on any atom is -0.466 e. The second kappa shape index (κ2) is 6.59. The highest BCUT2D eigenvalue weighted by Crippen LogP contribution is 2.20. The van der Waals surface area contributed by atoms with Crippen LogP contribution in [0.5, 0.6) is 0 Å². The van der Waals surface area contributed by atoms with E-state index in [1.165, 1.54) is 0 Å². The first-order chi connectivity index (χ1) is 9.67. The van der Waals surface area contributed by atoms with Crippen LogP contribution >= 0.6 is 0 Å². The van der Waals surface area contributed by atoms with E-state index in [1.54, 1.807) is 0 Å². The summed E-state index contributed by atoms with van der Waals surface area (Å²) in [6.45, 7) is 6.28. The second-order valence-electron chi connectivity index (χ2n) is 5.00. The van der Waals surface area contributed by atoms with Gasteiger partial charge >= 0.3 is 5.97 Å². The van der Waals surface area contributed by atoms with Crippen LogP contribution in [0.1, 0.15) is 37.2 Å². The van der Waals surface area contributed by atoms with Crippen LogP contribution in [0.15, 0.2) is 18.3 Å². The maximum Gasteiger partial charge on any atom is 0.309 e. The van der Waals surface area contributed by atoms with Crippen molar-refractivity contribution in [2.45, 2.75) is 33.2 Å². The molecule has 1 amide bonds. The number of piperidine rings is 1. The summed E-state index contributed by atoms with van der Waals surface area (Å²) >= 11 is 0. The Labute approximate surface area is 119 Å². The summed E-state index contributed by atoms with van der Waals surface area (Å²) in [4.78, 5) is 25.9. The number of aryl methyl sites for hydroxylation is 1. The smallest absolute Gasteiger partial charge is 0.309 e. The van der Waals surface area contributed by atoms with Crippen molar-refractivity contribution >= 4 is 11.9 Å². The Bertz CT molecular complexity index is 473. The van der Waals surface area contributed by atoms with Gasteiger partial charge < -0.3 is 14.2 Å². The number of likely N-dealkylation sites (tertiary alicyclic amines) is 1. The largest absolute Gasteiger partial charge is 0.466 e. The Hall–Kier alpha value is -1.78. The Morgan fingerprint density at radius 3 is 2.60 bits per heavy atom. The zero-order chi connectivity index (χ0) is 14.5.